The van der Waals surface area contributed by atoms with E-state index < -0.39 is 0 Å². The number of rotatable bonds is 6. The molecule has 0 N–H and O–H groups in total. The Hall–Kier alpha value is -0.770. The van der Waals surface area contributed by atoms with Crippen LogP contribution >= 0.6 is 11.6 Å². The molecule has 1 amide bonds. The number of carbonyl (C=O) groups excluding carboxylic acids is 2. The smallest absolute Gasteiger partial charge is 0.328 e. The Labute approximate surface area is 114 Å². The van der Waals surface area contributed by atoms with Crippen LogP contribution in [0.25, 0.3) is 0 Å². The molecule has 5 heteroatoms. The third-order valence-corrected chi connectivity index (χ3v) is 3.42. The van der Waals surface area contributed by atoms with Crippen LogP contribution in [-0.4, -0.2) is 41.8 Å². The lowest BCUT2D eigenvalue weighted by atomic mass is 10.0. The van der Waals surface area contributed by atoms with Gasteiger partial charge >= 0.3 is 5.97 Å². The highest BCUT2D eigenvalue weighted by Crippen LogP contribution is 2.20. The first-order valence-corrected chi connectivity index (χ1v) is 7.26. The molecule has 0 aromatic carbocycles. The number of nitrogens with zero attached hydrogens (tertiary/aromatic N) is 1. The SMILES string of the molecule is CCOC(=O)C1CCCCN1C(=O)CCCCCl. The van der Waals surface area contributed by atoms with Crippen molar-refractivity contribution in [2.45, 2.75) is 51.5 Å². The molecule has 1 unspecified atom stereocenters. The third-order valence-electron chi connectivity index (χ3n) is 3.16. The minimum Gasteiger partial charge on any atom is -0.464 e. The van der Waals surface area contributed by atoms with Crippen molar-refractivity contribution >= 4 is 23.5 Å². The van der Waals surface area contributed by atoms with Gasteiger partial charge in [0.05, 0.1) is 6.61 Å². The topological polar surface area (TPSA) is 46.6 Å². The molecule has 18 heavy (non-hydrogen) atoms. The van der Waals surface area contributed by atoms with Gasteiger partial charge in [0.25, 0.3) is 0 Å². The number of hydrogen-bond acceptors (Lipinski definition) is 3. The van der Waals surface area contributed by atoms with E-state index in [0.717, 1.165) is 32.1 Å². The fourth-order valence-corrected chi connectivity index (χ4v) is 2.42. The standard InChI is InChI=1S/C13H22ClNO3/c1-2-18-13(17)11-7-4-6-10-15(11)12(16)8-3-5-9-14/h11H,2-10H2,1H3. The van der Waals surface area contributed by atoms with E-state index in [1.165, 1.54) is 0 Å². The summed E-state index contributed by atoms with van der Waals surface area (Å²) in [5.74, 6) is 0.370. The largest absolute Gasteiger partial charge is 0.464 e. The van der Waals surface area contributed by atoms with Gasteiger partial charge < -0.3 is 9.64 Å². The normalized spacial score (nSPS) is 19.7. The van der Waals surface area contributed by atoms with E-state index in [4.69, 9.17) is 16.3 Å². The summed E-state index contributed by atoms with van der Waals surface area (Å²) in [4.78, 5) is 25.6. The van der Waals surface area contributed by atoms with Crippen LogP contribution in [0.5, 0.6) is 0 Å². The lowest BCUT2D eigenvalue weighted by Crippen LogP contribution is -2.48. The van der Waals surface area contributed by atoms with E-state index in [2.05, 4.69) is 0 Å². The summed E-state index contributed by atoms with van der Waals surface area (Å²) in [7, 11) is 0. The van der Waals surface area contributed by atoms with Gasteiger partial charge in [0.2, 0.25) is 5.91 Å². The Balaban J connectivity index is 2.52. The second-order valence-corrected chi connectivity index (χ2v) is 4.87. The second kappa shape index (κ2) is 8.35. The van der Waals surface area contributed by atoms with Crippen LogP contribution in [0, 0.1) is 0 Å². The summed E-state index contributed by atoms with van der Waals surface area (Å²) < 4.78 is 5.03. The van der Waals surface area contributed by atoms with Gasteiger partial charge in [0.1, 0.15) is 6.04 Å². The number of likely N-dealkylation sites (tertiary alicyclic amines) is 1. The maximum Gasteiger partial charge on any atom is 0.328 e. The molecule has 0 aromatic rings. The average molecular weight is 276 g/mol. The summed E-state index contributed by atoms with van der Waals surface area (Å²) >= 11 is 5.59. The van der Waals surface area contributed by atoms with Crippen molar-refractivity contribution in [1.82, 2.24) is 4.90 Å². The zero-order valence-electron chi connectivity index (χ0n) is 11.0. The van der Waals surface area contributed by atoms with Crippen LogP contribution in [0.1, 0.15) is 45.4 Å². The van der Waals surface area contributed by atoms with Crippen LogP contribution in [0.15, 0.2) is 0 Å². The first-order chi connectivity index (χ1) is 8.70. The Kier molecular flexibility index (Phi) is 7.09. The Morgan fingerprint density at radius 1 is 1.33 bits per heavy atom. The van der Waals surface area contributed by atoms with Crippen molar-refractivity contribution in [1.29, 1.82) is 0 Å². The van der Waals surface area contributed by atoms with Crippen molar-refractivity contribution in [2.75, 3.05) is 19.0 Å². The number of ether oxygens (including phenoxy) is 1. The minimum absolute atomic E-state index is 0.0536. The first-order valence-electron chi connectivity index (χ1n) is 6.72. The molecule has 1 heterocycles. The maximum absolute atomic E-state index is 12.1. The molecule has 0 bridgehead atoms. The third kappa shape index (κ3) is 4.48. The van der Waals surface area contributed by atoms with Crippen molar-refractivity contribution in [2.24, 2.45) is 0 Å². The molecular formula is C13H22ClNO3. The molecule has 1 saturated heterocycles. The van der Waals surface area contributed by atoms with Gasteiger partial charge in [-0.25, -0.2) is 4.79 Å². The van der Waals surface area contributed by atoms with Crippen molar-refractivity contribution < 1.29 is 14.3 Å². The van der Waals surface area contributed by atoms with Gasteiger partial charge in [-0.3, -0.25) is 4.79 Å². The molecule has 1 rings (SSSR count). The fourth-order valence-electron chi connectivity index (χ4n) is 2.23. The number of amides is 1. The van der Waals surface area contributed by atoms with E-state index in [9.17, 15) is 9.59 Å². The number of carbonyl (C=O) groups is 2. The first kappa shape index (κ1) is 15.3. The Morgan fingerprint density at radius 3 is 2.78 bits per heavy atom. The highest BCUT2D eigenvalue weighted by Gasteiger charge is 2.32. The van der Waals surface area contributed by atoms with E-state index >= 15 is 0 Å². The number of unbranched alkanes of at least 4 members (excludes halogenated alkanes) is 1. The molecule has 1 aliphatic rings. The summed E-state index contributed by atoms with van der Waals surface area (Å²) in [6.45, 7) is 2.82. The fraction of sp³-hybridized carbons (Fsp3) is 0.846. The van der Waals surface area contributed by atoms with Crippen molar-refractivity contribution in [3.63, 3.8) is 0 Å². The number of halogens is 1. The Bertz CT molecular complexity index is 283. The van der Waals surface area contributed by atoms with Gasteiger partial charge in [-0.05, 0) is 39.0 Å². The van der Waals surface area contributed by atoms with Crippen LogP contribution in [0.3, 0.4) is 0 Å². The van der Waals surface area contributed by atoms with Gasteiger partial charge in [-0.1, -0.05) is 0 Å². The number of hydrogen-bond donors (Lipinski definition) is 0. The summed E-state index contributed by atoms with van der Waals surface area (Å²) in [5.41, 5.74) is 0. The molecule has 0 aromatic heterocycles. The van der Waals surface area contributed by atoms with Crippen LogP contribution in [-0.2, 0) is 14.3 Å². The predicted molar refractivity (Wildman–Crippen MR) is 70.6 cm³/mol. The molecule has 104 valence electrons. The van der Waals surface area contributed by atoms with Gasteiger partial charge in [0, 0.05) is 18.8 Å². The number of alkyl halides is 1. The lowest BCUT2D eigenvalue weighted by molar-refractivity contribution is -0.156. The zero-order valence-corrected chi connectivity index (χ0v) is 11.7. The molecule has 0 saturated carbocycles. The average Bonchev–Trinajstić information content (AvgIpc) is 2.39. The summed E-state index contributed by atoms with van der Waals surface area (Å²) in [5, 5.41) is 0. The molecule has 0 radical (unpaired) electrons. The van der Waals surface area contributed by atoms with E-state index in [-0.39, 0.29) is 17.9 Å². The van der Waals surface area contributed by atoms with Crippen molar-refractivity contribution in [3.05, 3.63) is 0 Å². The summed E-state index contributed by atoms with van der Waals surface area (Å²) in [6.07, 6.45) is 4.77. The number of piperidine rings is 1. The molecule has 0 spiro atoms. The highest BCUT2D eigenvalue weighted by molar-refractivity contribution is 6.17. The molecule has 1 fully saturated rings. The van der Waals surface area contributed by atoms with E-state index in [1.54, 1.807) is 11.8 Å². The highest BCUT2D eigenvalue weighted by atomic mass is 35.5. The zero-order chi connectivity index (χ0) is 13.4. The second-order valence-electron chi connectivity index (χ2n) is 4.50. The van der Waals surface area contributed by atoms with Crippen molar-refractivity contribution in [3.8, 4) is 0 Å². The van der Waals surface area contributed by atoms with Crippen LogP contribution in [0.2, 0.25) is 0 Å². The van der Waals surface area contributed by atoms with Gasteiger partial charge in [0.15, 0.2) is 0 Å². The van der Waals surface area contributed by atoms with E-state index in [0.29, 0.717) is 25.5 Å². The lowest BCUT2D eigenvalue weighted by Gasteiger charge is -2.34. The minimum atomic E-state index is -0.373. The van der Waals surface area contributed by atoms with Crippen LogP contribution < -0.4 is 0 Å². The molecule has 4 nitrogen and oxygen atoms in total. The van der Waals surface area contributed by atoms with E-state index in [1.807, 2.05) is 0 Å². The summed E-state index contributed by atoms with van der Waals surface area (Å²) in [6, 6.07) is -0.373. The molecule has 1 aliphatic heterocycles. The van der Waals surface area contributed by atoms with Gasteiger partial charge in [-0.2, -0.15) is 0 Å². The van der Waals surface area contributed by atoms with Crippen LogP contribution in [0.4, 0.5) is 0 Å². The van der Waals surface area contributed by atoms with Gasteiger partial charge in [-0.15, -0.1) is 11.6 Å². The maximum atomic E-state index is 12.1. The molecule has 0 aliphatic carbocycles. The molecular weight excluding hydrogens is 254 g/mol. The molecule has 1 atom stereocenters. The quantitative estimate of drug-likeness (QED) is 0.425. The monoisotopic (exact) mass is 275 g/mol. The Morgan fingerprint density at radius 2 is 2.11 bits per heavy atom. The number of esters is 1. The predicted octanol–water partition coefficient (Wildman–Crippen LogP) is 2.34.